The molecule has 1 aromatic carbocycles. The number of hydrogen-bond acceptors (Lipinski definition) is 5. The van der Waals surface area contributed by atoms with Gasteiger partial charge in [0.2, 0.25) is 0 Å². The highest BCUT2D eigenvalue weighted by molar-refractivity contribution is 5.95. The van der Waals surface area contributed by atoms with Crippen molar-refractivity contribution >= 4 is 11.7 Å². The van der Waals surface area contributed by atoms with Crippen LogP contribution in [0.4, 0.5) is 0 Å². The number of rotatable bonds is 5. The van der Waals surface area contributed by atoms with E-state index < -0.39 is 0 Å². The molecule has 4 heterocycles. The van der Waals surface area contributed by atoms with Gasteiger partial charge in [-0.2, -0.15) is 0 Å². The van der Waals surface area contributed by atoms with Gasteiger partial charge in [-0.3, -0.25) is 14.5 Å². The number of nitrogens with one attached hydrogen (secondary N) is 1. The van der Waals surface area contributed by atoms with Crippen LogP contribution in [0.5, 0.6) is 11.7 Å². The molecular weight excluding hydrogens is 344 g/mol. The number of carbonyl (C=O) groups is 2. The maximum atomic E-state index is 12.7. The van der Waals surface area contributed by atoms with Crippen LogP contribution in [0, 0.1) is 5.92 Å². The molecule has 0 saturated carbocycles. The molecule has 3 aliphatic rings. The summed E-state index contributed by atoms with van der Waals surface area (Å²) in [6, 6.07) is 9.09. The number of nitrogens with zero attached hydrogens (tertiary/aromatic N) is 1. The quantitative estimate of drug-likeness (QED) is 0.818. The van der Waals surface area contributed by atoms with Crippen LogP contribution in [0.3, 0.4) is 0 Å². The molecule has 1 N–H and O–H groups in total. The Morgan fingerprint density at radius 1 is 1.15 bits per heavy atom. The van der Waals surface area contributed by atoms with Gasteiger partial charge in [0, 0.05) is 23.7 Å². The van der Waals surface area contributed by atoms with Crippen molar-refractivity contribution in [1.82, 2.24) is 10.2 Å². The summed E-state index contributed by atoms with van der Waals surface area (Å²) >= 11 is 0. The van der Waals surface area contributed by atoms with Crippen molar-refractivity contribution in [2.24, 2.45) is 5.92 Å². The topological polar surface area (TPSA) is 71.8 Å². The zero-order valence-corrected chi connectivity index (χ0v) is 15.6. The van der Waals surface area contributed by atoms with Gasteiger partial charge in [-0.05, 0) is 70.0 Å². The molecule has 27 heavy (non-hydrogen) atoms. The van der Waals surface area contributed by atoms with Crippen LogP contribution >= 0.6 is 0 Å². The Balaban J connectivity index is 1.39. The first kappa shape index (κ1) is 17.8. The third kappa shape index (κ3) is 3.62. The van der Waals surface area contributed by atoms with Gasteiger partial charge >= 0.3 is 0 Å². The standard InChI is InChI=1S/C21H24N2O4/c1-13-20(15-7-9-23(13)10-8-15)22-21(25)16-3-5-18(6-4-16)27-19-11-17(12-26-19)14(2)24/h3-6,11-13,15,20H,7-10H2,1-2H3,(H,22,25)/t13-,20-/m0/s1. The van der Waals surface area contributed by atoms with Gasteiger partial charge in [-0.1, -0.05) is 0 Å². The van der Waals surface area contributed by atoms with E-state index in [1.807, 2.05) is 0 Å². The predicted octanol–water partition coefficient (Wildman–Crippen LogP) is 3.49. The molecule has 0 unspecified atom stereocenters. The smallest absolute Gasteiger partial charge is 0.290 e. The highest BCUT2D eigenvalue weighted by Crippen LogP contribution is 2.32. The summed E-state index contributed by atoms with van der Waals surface area (Å²) in [5, 5.41) is 3.22. The summed E-state index contributed by atoms with van der Waals surface area (Å²) in [6.07, 6.45) is 3.69. The van der Waals surface area contributed by atoms with E-state index in [0.29, 0.717) is 28.8 Å². The Labute approximate surface area is 158 Å². The molecule has 0 spiro atoms. The van der Waals surface area contributed by atoms with Crippen molar-refractivity contribution in [2.45, 2.75) is 38.8 Å². The minimum Gasteiger partial charge on any atom is -0.433 e. The van der Waals surface area contributed by atoms with Gasteiger partial charge in [0.25, 0.3) is 11.9 Å². The fourth-order valence-electron chi connectivity index (χ4n) is 4.13. The van der Waals surface area contributed by atoms with E-state index in [1.54, 1.807) is 30.3 Å². The van der Waals surface area contributed by atoms with E-state index in [4.69, 9.17) is 9.15 Å². The lowest BCUT2D eigenvalue weighted by Crippen LogP contribution is -2.62. The number of piperidine rings is 3. The number of furan rings is 1. The summed E-state index contributed by atoms with van der Waals surface area (Å²) in [4.78, 5) is 26.4. The van der Waals surface area contributed by atoms with Crippen LogP contribution in [-0.4, -0.2) is 41.8 Å². The van der Waals surface area contributed by atoms with Crippen molar-refractivity contribution in [3.05, 3.63) is 47.7 Å². The van der Waals surface area contributed by atoms with Gasteiger partial charge in [-0.15, -0.1) is 0 Å². The number of carbonyl (C=O) groups excluding carboxylic acids is 2. The minimum absolute atomic E-state index is 0.0518. The lowest BCUT2D eigenvalue weighted by atomic mass is 9.79. The molecule has 1 aromatic heterocycles. The Hall–Kier alpha value is -2.60. The fraction of sp³-hybridized carbons (Fsp3) is 0.429. The molecule has 3 fully saturated rings. The SMILES string of the molecule is CC(=O)c1coc(Oc2ccc(C(=O)N[C@@H]3C4CCN(CC4)[C@H]3C)cc2)c1. The highest BCUT2D eigenvalue weighted by Gasteiger charge is 2.40. The molecule has 2 atom stereocenters. The minimum atomic E-state index is -0.0809. The second-order valence-electron chi connectivity index (χ2n) is 7.45. The van der Waals surface area contributed by atoms with Crippen molar-refractivity contribution in [3.8, 4) is 11.7 Å². The first-order valence-corrected chi connectivity index (χ1v) is 9.43. The molecule has 2 bridgehead atoms. The molecule has 0 aliphatic carbocycles. The third-order valence-electron chi connectivity index (χ3n) is 5.79. The molecule has 3 saturated heterocycles. The third-order valence-corrected chi connectivity index (χ3v) is 5.79. The molecular formula is C21H24N2O4. The van der Waals surface area contributed by atoms with Crippen LogP contribution in [0.15, 0.2) is 41.0 Å². The molecule has 6 nitrogen and oxygen atoms in total. The van der Waals surface area contributed by atoms with Gasteiger partial charge < -0.3 is 14.5 Å². The van der Waals surface area contributed by atoms with Crippen molar-refractivity contribution in [3.63, 3.8) is 0 Å². The van der Waals surface area contributed by atoms with Crippen LogP contribution in [0.2, 0.25) is 0 Å². The lowest BCUT2D eigenvalue weighted by Gasteiger charge is -2.49. The van der Waals surface area contributed by atoms with Gasteiger partial charge in [0.15, 0.2) is 5.78 Å². The average molecular weight is 368 g/mol. The fourth-order valence-corrected chi connectivity index (χ4v) is 4.13. The summed E-state index contributed by atoms with van der Waals surface area (Å²) in [5.41, 5.74) is 1.07. The summed E-state index contributed by atoms with van der Waals surface area (Å²) in [7, 11) is 0. The number of Topliss-reactive ketones (excluding diaryl/α,β-unsaturated/α-hetero) is 1. The second-order valence-corrected chi connectivity index (χ2v) is 7.45. The van der Waals surface area contributed by atoms with E-state index in [2.05, 4.69) is 17.1 Å². The number of benzene rings is 1. The summed E-state index contributed by atoms with van der Waals surface area (Å²) in [6.45, 7) is 5.95. The van der Waals surface area contributed by atoms with E-state index >= 15 is 0 Å². The van der Waals surface area contributed by atoms with Crippen LogP contribution in [0.1, 0.15) is 47.4 Å². The Morgan fingerprint density at radius 2 is 1.85 bits per heavy atom. The number of ether oxygens (including phenoxy) is 1. The van der Waals surface area contributed by atoms with Crippen LogP contribution in [0.25, 0.3) is 0 Å². The lowest BCUT2D eigenvalue weighted by molar-refractivity contribution is 0.0217. The van der Waals surface area contributed by atoms with Crippen LogP contribution in [-0.2, 0) is 0 Å². The maximum Gasteiger partial charge on any atom is 0.290 e. The molecule has 6 heteroatoms. The van der Waals surface area contributed by atoms with Gasteiger partial charge in [0.1, 0.15) is 12.0 Å². The maximum absolute atomic E-state index is 12.7. The Morgan fingerprint density at radius 3 is 2.44 bits per heavy atom. The number of ketones is 1. The molecule has 1 amide bonds. The van der Waals surface area contributed by atoms with E-state index in [0.717, 1.165) is 25.9 Å². The van der Waals surface area contributed by atoms with Gasteiger partial charge in [0.05, 0.1) is 5.56 Å². The average Bonchev–Trinajstić information content (AvgIpc) is 3.14. The van der Waals surface area contributed by atoms with Crippen molar-refractivity contribution in [2.75, 3.05) is 13.1 Å². The highest BCUT2D eigenvalue weighted by atomic mass is 16.6. The van der Waals surface area contributed by atoms with Gasteiger partial charge in [-0.25, -0.2) is 0 Å². The predicted molar refractivity (Wildman–Crippen MR) is 100 cm³/mol. The first-order chi connectivity index (χ1) is 13.0. The second kappa shape index (κ2) is 7.19. The first-order valence-electron chi connectivity index (χ1n) is 9.43. The summed E-state index contributed by atoms with van der Waals surface area (Å²) in [5.74, 6) is 1.24. The summed E-state index contributed by atoms with van der Waals surface area (Å²) < 4.78 is 10.8. The monoisotopic (exact) mass is 368 g/mol. The van der Waals surface area contributed by atoms with Crippen molar-refractivity contribution in [1.29, 1.82) is 0 Å². The van der Waals surface area contributed by atoms with Crippen LogP contribution < -0.4 is 10.1 Å². The van der Waals surface area contributed by atoms with E-state index in [9.17, 15) is 9.59 Å². The Bertz CT molecular complexity index is 832. The molecule has 0 radical (unpaired) electrons. The molecule has 5 rings (SSSR count). The zero-order valence-electron chi connectivity index (χ0n) is 15.6. The number of fused-ring (bicyclic) bond motifs is 3. The molecule has 2 aromatic rings. The number of hydrogen-bond donors (Lipinski definition) is 1. The molecule has 3 aliphatic heterocycles. The molecule has 142 valence electrons. The van der Waals surface area contributed by atoms with E-state index in [-0.39, 0.29) is 23.7 Å². The Kier molecular flexibility index (Phi) is 4.74. The number of amides is 1. The van der Waals surface area contributed by atoms with E-state index in [1.165, 1.54) is 13.2 Å². The normalized spacial score (nSPS) is 26.6. The largest absolute Gasteiger partial charge is 0.433 e. The van der Waals surface area contributed by atoms with Crippen molar-refractivity contribution < 1.29 is 18.7 Å². The zero-order chi connectivity index (χ0) is 19.0.